The molecule has 0 aliphatic rings. The van der Waals surface area contributed by atoms with E-state index in [4.69, 9.17) is 34.8 Å². The zero-order chi connectivity index (χ0) is 14.0. The van der Waals surface area contributed by atoms with Gasteiger partial charge in [-0.25, -0.2) is 4.68 Å². The molecule has 19 heavy (non-hydrogen) atoms. The summed E-state index contributed by atoms with van der Waals surface area (Å²) in [6, 6.07) is 7.66. The Morgan fingerprint density at radius 1 is 1.16 bits per heavy atom. The number of halogens is 3. The predicted octanol–water partition coefficient (Wildman–Crippen LogP) is 5.10. The molecule has 0 N–H and O–H groups in total. The Hall–Kier alpha value is -0.700. The zero-order valence-corrected chi connectivity index (χ0v) is 13.1. The molecule has 102 valence electrons. The highest BCUT2D eigenvalue weighted by Crippen LogP contribution is 2.28. The summed E-state index contributed by atoms with van der Waals surface area (Å²) in [4.78, 5) is 0. The van der Waals surface area contributed by atoms with Gasteiger partial charge in [0.2, 0.25) is 0 Å². The van der Waals surface area contributed by atoms with E-state index in [1.807, 2.05) is 24.3 Å². The summed E-state index contributed by atoms with van der Waals surface area (Å²) in [5.41, 5.74) is 2.99. The number of alkyl halides is 1. The fourth-order valence-electron chi connectivity index (χ4n) is 1.95. The van der Waals surface area contributed by atoms with Crippen LogP contribution in [0.25, 0.3) is 0 Å². The van der Waals surface area contributed by atoms with Gasteiger partial charge in [0.05, 0.1) is 18.1 Å². The van der Waals surface area contributed by atoms with Crippen LogP contribution in [0.2, 0.25) is 10.2 Å². The Balaban J connectivity index is 2.32. The minimum absolute atomic E-state index is 0.303. The molecule has 2 rings (SSSR count). The summed E-state index contributed by atoms with van der Waals surface area (Å²) in [7, 11) is 0. The third-order valence-electron chi connectivity index (χ3n) is 2.94. The second-order valence-corrected chi connectivity index (χ2v) is 5.79. The van der Waals surface area contributed by atoms with Crippen molar-refractivity contribution in [1.29, 1.82) is 0 Å². The molecule has 0 aliphatic carbocycles. The van der Waals surface area contributed by atoms with Gasteiger partial charge < -0.3 is 0 Å². The molecule has 0 bridgehead atoms. The molecule has 0 fully saturated rings. The number of hydrogen-bond acceptors (Lipinski definition) is 1. The summed E-state index contributed by atoms with van der Waals surface area (Å²) < 4.78 is 1.79. The molecule has 0 amide bonds. The molecule has 1 aromatic heterocycles. The van der Waals surface area contributed by atoms with Crippen LogP contribution in [0.15, 0.2) is 24.3 Å². The molecular formula is C14H15Cl3N2. The van der Waals surface area contributed by atoms with Crippen molar-refractivity contribution in [3.05, 3.63) is 51.3 Å². The highest BCUT2D eigenvalue weighted by molar-refractivity contribution is 6.31. The lowest BCUT2D eigenvalue weighted by atomic mass is 10.1. The largest absolute Gasteiger partial charge is 0.249 e. The van der Waals surface area contributed by atoms with Crippen LogP contribution in [0.4, 0.5) is 0 Å². The quantitative estimate of drug-likeness (QED) is 0.717. The predicted molar refractivity (Wildman–Crippen MR) is 81.4 cm³/mol. The lowest BCUT2D eigenvalue weighted by molar-refractivity contribution is 0.658. The van der Waals surface area contributed by atoms with Gasteiger partial charge in [-0.1, -0.05) is 49.2 Å². The normalized spacial score (nSPS) is 11.3. The van der Waals surface area contributed by atoms with Gasteiger partial charge in [-0.2, -0.15) is 5.10 Å². The van der Waals surface area contributed by atoms with E-state index in [0.29, 0.717) is 23.5 Å². The number of benzene rings is 1. The average molecular weight is 318 g/mol. The van der Waals surface area contributed by atoms with Crippen molar-refractivity contribution in [2.75, 3.05) is 0 Å². The Morgan fingerprint density at radius 3 is 2.26 bits per heavy atom. The Labute approximate surface area is 128 Å². The van der Waals surface area contributed by atoms with Crippen molar-refractivity contribution < 1.29 is 0 Å². The first-order valence-electron chi connectivity index (χ1n) is 6.08. The topological polar surface area (TPSA) is 17.8 Å². The van der Waals surface area contributed by atoms with E-state index in [0.717, 1.165) is 21.8 Å². The third kappa shape index (κ3) is 3.25. The summed E-state index contributed by atoms with van der Waals surface area (Å²) >= 11 is 18.2. The SMILES string of the molecule is CC(C)c1nn(Cc2ccc(Cl)cc2)c(Cl)c1CCl. The maximum absolute atomic E-state index is 6.34. The van der Waals surface area contributed by atoms with Crippen molar-refractivity contribution in [3.63, 3.8) is 0 Å². The van der Waals surface area contributed by atoms with Crippen LogP contribution in [-0.2, 0) is 12.4 Å². The first kappa shape index (κ1) is 14.7. The van der Waals surface area contributed by atoms with Gasteiger partial charge in [0.25, 0.3) is 0 Å². The van der Waals surface area contributed by atoms with Crippen LogP contribution >= 0.6 is 34.8 Å². The number of rotatable bonds is 4. The molecule has 1 aromatic carbocycles. The molecule has 1 heterocycles. The zero-order valence-electron chi connectivity index (χ0n) is 10.8. The second-order valence-electron chi connectivity index (χ2n) is 4.73. The highest BCUT2D eigenvalue weighted by atomic mass is 35.5. The molecule has 0 spiro atoms. The van der Waals surface area contributed by atoms with Gasteiger partial charge in [-0.15, -0.1) is 11.6 Å². The van der Waals surface area contributed by atoms with Crippen LogP contribution in [0, 0.1) is 0 Å². The molecule has 0 unspecified atom stereocenters. The van der Waals surface area contributed by atoms with Crippen molar-refractivity contribution >= 4 is 34.8 Å². The molecule has 2 aromatic rings. The van der Waals surface area contributed by atoms with E-state index in [1.54, 1.807) is 4.68 Å². The first-order chi connectivity index (χ1) is 9.02. The lowest BCUT2D eigenvalue weighted by Crippen LogP contribution is -2.02. The smallest absolute Gasteiger partial charge is 0.132 e. The van der Waals surface area contributed by atoms with Gasteiger partial charge in [0.1, 0.15) is 5.15 Å². The van der Waals surface area contributed by atoms with Gasteiger partial charge in [-0.3, -0.25) is 0 Å². The van der Waals surface area contributed by atoms with Crippen LogP contribution in [0.1, 0.15) is 36.6 Å². The summed E-state index contributed by atoms with van der Waals surface area (Å²) in [5.74, 6) is 0.685. The Morgan fingerprint density at radius 2 is 1.79 bits per heavy atom. The van der Waals surface area contributed by atoms with E-state index in [9.17, 15) is 0 Å². The Kier molecular flexibility index (Phi) is 4.77. The highest BCUT2D eigenvalue weighted by Gasteiger charge is 2.17. The fraction of sp³-hybridized carbons (Fsp3) is 0.357. The van der Waals surface area contributed by atoms with E-state index in [1.165, 1.54) is 0 Å². The minimum atomic E-state index is 0.303. The van der Waals surface area contributed by atoms with Crippen LogP contribution in [0.3, 0.4) is 0 Å². The van der Waals surface area contributed by atoms with E-state index >= 15 is 0 Å². The number of hydrogen-bond donors (Lipinski definition) is 0. The van der Waals surface area contributed by atoms with Gasteiger partial charge in [0.15, 0.2) is 0 Å². The van der Waals surface area contributed by atoms with Gasteiger partial charge in [-0.05, 0) is 23.6 Å². The third-order valence-corrected chi connectivity index (χ3v) is 3.88. The summed E-state index contributed by atoms with van der Waals surface area (Å²) in [5, 5.41) is 5.91. The number of nitrogens with zero attached hydrogens (tertiary/aromatic N) is 2. The summed E-state index contributed by atoms with van der Waals surface area (Å²) in [6.07, 6.45) is 0. The van der Waals surface area contributed by atoms with Crippen molar-refractivity contribution in [3.8, 4) is 0 Å². The molecule has 0 atom stereocenters. The second kappa shape index (κ2) is 6.17. The molecule has 5 heteroatoms. The maximum atomic E-state index is 6.34. The molecular weight excluding hydrogens is 303 g/mol. The van der Waals surface area contributed by atoms with Crippen molar-refractivity contribution in [2.24, 2.45) is 0 Å². The Bertz CT molecular complexity index is 559. The minimum Gasteiger partial charge on any atom is -0.249 e. The number of aromatic nitrogens is 2. The first-order valence-corrected chi connectivity index (χ1v) is 7.37. The molecule has 2 nitrogen and oxygen atoms in total. The lowest BCUT2D eigenvalue weighted by Gasteiger charge is -2.04. The molecule has 0 saturated heterocycles. The maximum Gasteiger partial charge on any atom is 0.132 e. The van der Waals surface area contributed by atoms with E-state index < -0.39 is 0 Å². The van der Waals surface area contributed by atoms with E-state index in [-0.39, 0.29) is 0 Å². The molecule has 0 aliphatic heterocycles. The molecule has 0 saturated carbocycles. The monoisotopic (exact) mass is 316 g/mol. The summed E-state index contributed by atoms with van der Waals surface area (Å²) in [6.45, 7) is 4.79. The van der Waals surface area contributed by atoms with Gasteiger partial charge in [0, 0.05) is 10.6 Å². The average Bonchev–Trinajstić information content (AvgIpc) is 2.69. The van der Waals surface area contributed by atoms with Crippen LogP contribution < -0.4 is 0 Å². The van der Waals surface area contributed by atoms with Gasteiger partial charge >= 0.3 is 0 Å². The van der Waals surface area contributed by atoms with Crippen molar-refractivity contribution in [2.45, 2.75) is 32.2 Å². The fourth-order valence-corrected chi connectivity index (χ4v) is 2.67. The van der Waals surface area contributed by atoms with Crippen LogP contribution in [0.5, 0.6) is 0 Å². The van der Waals surface area contributed by atoms with Crippen LogP contribution in [-0.4, -0.2) is 9.78 Å². The standard InChI is InChI=1S/C14H15Cl3N2/c1-9(2)13-12(7-15)14(17)19(18-13)8-10-3-5-11(16)6-4-10/h3-6,9H,7-8H2,1-2H3. The van der Waals surface area contributed by atoms with Crippen molar-refractivity contribution in [1.82, 2.24) is 9.78 Å². The molecule has 0 radical (unpaired) electrons. The van der Waals surface area contributed by atoms with E-state index in [2.05, 4.69) is 18.9 Å².